The third-order valence-electron chi connectivity index (χ3n) is 3.90. The Bertz CT molecular complexity index is 335. The summed E-state index contributed by atoms with van der Waals surface area (Å²) >= 11 is 0. The van der Waals surface area contributed by atoms with Crippen LogP contribution in [0.3, 0.4) is 0 Å². The van der Waals surface area contributed by atoms with E-state index in [0.717, 1.165) is 25.7 Å². The van der Waals surface area contributed by atoms with Crippen LogP contribution in [0.15, 0.2) is 0 Å². The van der Waals surface area contributed by atoms with E-state index < -0.39 is 0 Å². The number of rotatable bonds is 2. The van der Waals surface area contributed by atoms with E-state index in [9.17, 15) is 9.59 Å². The number of hydrogen-bond acceptors (Lipinski definition) is 3. The van der Waals surface area contributed by atoms with Crippen molar-refractivity contribution in [3.8, 4) is 0 Å². The molecule has 0 spiro atoms. The quantitative estimate of drug-likeness (QED) is 0.731. The van der Waals surface area contributed by atoms with E-state index in [1.54, 1.807) is 4.90 Å². The number of nitrogens with zero attached hydrogens (tertiary/aromatic N) is 1. The average molecular weight is 238 g/mol. The molecule has 1 aliphatic carbocycles. The molecule has 0 unspecified atom stereocenters. The Kier molecular flexibility index (Phi) is 2.78. The molecule has 5 nitrogen and oxygen atoms in total. The van der Waals surface area contributed by atoms with Crippen LogP contribution in [0.25, 0.3) is 0 Å². The van der Waals surface area contributed by atoms with Crippen molar-refractivity contribution in [2.24, 2.45) is 5.92 Å². The van der Waals surface area contributed by atoms with Gasteiger partial charge in [-0.1, -0.05) is 0 Å². The van der Waals surface area contributed by atoms with Crippen LogP contribution in [0.4, 0.5) is 0 Å². The van der Waals surface area contributed by atoms with Crippen molar-refractivity contribution < 1.29 is 14.3 Å². The Morgan fingerprint density at radius 3 is 2.47 bits per heavy atom. The van der Waals surface area contributed by atoms with Gasteiger partial charge in [0, 0.05) is 19.3 Å². The molecule has 1 saturated carbocycles. The Hall–Kier alpha value is -1.10. The van der Waals surface area contributed by atoms with Gasteiger partial charge in [0.1, 0.15) is 6.04 Å². The highest BCUT2D eigenvalue weighted by Crippen LogP contribution is 2.30. The first kappa shape index (κ1) is 11.0. The Morgan fingerprint density at radius 1 is 1.12 bits per heavy atom. The number of carbonyl (C=O) groups is 2. The molecule has 0 radical (unpaired) electrons. The standard InChI is InChI=1S/C12H18N2O3/c15-10-7-14(9-1-2-9)12(16)11(13-10)8-3-5-17-6-4-8/h8-9,11H,1-7H2,(H,13,15)/t11-/m0/s1. The summed E-state index contributed by atoms with van der Waals surface area (Å²) in [6.45, 7) is 1.66. The highest BCUT2D eigenvalue weighted by molar-refractivity contribution is 5.95. The van der Waals surface area contributed by atoms with Gasteiger partial charge in [-0.05, 0) is 31.6 Å². The van der Waals surface area contributed by atoms with Gasteiger partial charge in [0.25, 0.3) is 0 Å². The lowest BCUT2D eigenvalue weighted by Gasteiger charge is -2.37. The number of piperazine rings is 1. The number of amides is 2. The van der Waals surface area contributed by atoms with Gasteiger partial charge in [-0.3, -0.25) is 9.59 Å². The first-order valence-corrected chi connectivity index (χ1v) is 6.43. The minimum Gasteiger partial charge on any atom is -0.381 e. The van der Waals surface area contributed by atoms with Crippen LogP contribution in [0.5, 0.6) is 0 Å². The SMILES string of the molecule is O=C1CN(C2CC2)C(=O)[C@H](C2CCOCC2)N1. The van der Waals surface area contributed by atoms with Crippen LogP contribution in [0.1, 0.15) is 25.7 Å². The van der Waals surface area contributed by atoms with Gasteiger partial charge < -0.3 is 15.0 Å². The minimum absolute atomic E-state index is 0.00649. The number of hydrogen-bond donors (Lipinski definition) is 1. The molecule has 0 bridgehead atoms. The van der Waals surface area contributed by atoms with E-state index in [1.165, 1.54) is 0 Å². The van der Waals surface area contributed by atoms with E-state index in [0.29, 0.717) is 19.3 Å². The van der Waals surface area contributed by atoms with Gasteiger partial charge in [-0.15, -0.1) is 0 Å². The highest BCUT2D eigenvalue weighted by Gasteiger charge is 2.43. The number of nitrogens with one attached hydrogen (secondary N) is 1. The average Bonchev–Trinajstić information content (AvgIpc) is 3.17. The minimum atomic E-state index is -0.305. The molecule has 3 rings (SSSR count). The summed E-state index contributed by atoms with van der Waals surface area (Å²) in [7, 11) is 0. The number of ether oxygens (including phenoxy) is 1. The monoisotopic (exact) mass is 238 g/mol. The molecule has 1 atom stereocenters. The molecular weight excluding hydrogens is 220 g/mol. The van der Waals surface area contributed by atoms with E-state index in [2.05, 4.69) is 5.32 Å². The molecule has 2 saturated heterocycles. The third-order valence-corrected chi connectivity index (χ3v) is 3.90. The van der Waals surface area contributed by atoms with E-state index >= 15 is 0 Å². The molecule has 1 N–H and O–H groups in total. The molecule has 94 valence electrons. The zero-order valence-electron chi connectivity index (χ0n) is 9.85. The summed E-state index contributed by atoms with van der Waals surface area (Å²) in [4.78, 5) is 25.8. The molecule has 17 heavy (non-hydrogen) atoms. The van der Waals surface area contributed by atoms with E-state index in [-0.39, 0.29) is 30.3 Å². The Labute approximate surface area is 100 Å². The van der Waals surface area contributed by atoms with Gasteiger partial charge in [0.15, 0.2) is 0 Å². The molecule has 0 aromatic rings. The summed E-state index contributed by atoms with van der Waals surface area (Å²) in [5.41, 5.74) is 0. The van der Waals surface area contributed by atoms with Gasteiger partial charge in [-0.2, -0.15) is 0 Å². The fraction of sp³-hybridized carbons (Fsp3) is 0.833. The smallest absolute Gasteiger partial charge is 0.246 e. The van der Waals surface area contributed by atoms with Crippen molar-refractivity contribution in [1.82, 2.24) is 10.2 Å². The fourth-order valence-electron chi connectivity index (χ4n) is 2.76. The fourth-order valence-corrected chi connectivity index (χ4v) is 2.76. The zero-order valence-corrected chi connectivity index (χ0v) is 9.85. The molecule has 2 amide bonds. The molecule has 3 aliphatic rings. The van der Waals surface area contributed by atoms with Crippen molar-refractivity contribution in [1.29, 1.82) is 0 Å². The predicted octanol–water partition coefficient (Wildman–Crippen LogP) is -0.0976. The van der Waals surface area contributed by atoms with Crippen LogP contribution < -0.4 is 5.32 Å². The second-order valence-corrected chi connectivity index (χ2v) is 5.19. The first-order chi connectivity index (χ1) is 8.25. The largest absolute Gasteiger partial charge is 0.381 e. The molecule has 5 heteroatoms. The van der Waals surface area contributed by atoms with Gasteiger partial charge in [0.2, 0.25) is 11.8 Å². The maximum atomic E-state index is 12.3. The van der Waals surface area contributed by atoms with Crippen molar-refractivity contribution in [2.45, 2.75) is 37.8 Å². The Morgan fingerprint density at radius 2 is 1.82 bits per heavy atom. The maximum absolute atomic E-state index is 12.3. The summed E-state index contributed by atoms with van der Waals surface area (Å²) in [6, 6.07) is 0.0247. The van der Waals surface area contributed by atoms with E-state index in [1.807, 2.05) is 0 Å². The normalized spacial score (nSPS) is 31.5. The molecule has 2 aliphatic heterocycles. The van der Waals surface area contributed by atoms with Crippen LogP contribution in [-0.4, -0.2) is 48.6 Å². The highest BCUT2D eigenvalue weighted by atomic mass is 16.5. The van der Waals surface area contributed by atoms with Gasteiger partial charge in [0.05, 0.1) is 6.54 Å². The second-order valence-electron chi connectivity index (χ2n) is 5.19. The van der Waals surface area contributed by atoms with Crippen LogP contribution >= 0.6 is 0 Å². The lowest BCUT2D eigenvalue weighted by Crippen LogP contribution is -2.61. The lowest BCUT2D eigenvalue weighted by atomic mass is 9.89. The van der Waals surface area contributed by atoms with E-state index in [4.69, 9.17) is 4.74 Å². The molecule has 2 heterocycles. The zero-order chi connectivity index (χ0) is 11.8. The molecule has 3 fully saturated rings. The first-order valence-electron chi connectivity index (χ1n) is 6.43. The van der Waals surface area contributed by atoms with Gasteiger partial charge in [-0.25, -0.2) is 0 Å². The topological polar surface area (TPSA) is 58.6 Å². The van der Waals surface area contributed by atoms with Gasteiger partial charge >= 0.3 is 0 Å². The second kappa shape index (κ2) is 4.29. The Balaban J connectivity index is 1.72. The number of carbonyl (C=O) groups excluding carboxylic acids is 2. The third kappa shape index (κ3) is 2.16. The van der Waals surface area contributed by atoms with Crippen molar-refractivity contribution in [3.05, 3.63) is 0 Å². The summed E-state index contributed by atoms with van der Waals surface area (Å²) in [5.74, 6) is 0.369. The van der Waals surface area contributed by atoms with Crippen LogP contribution in [0, 0.1) is 5.92 Å². The van der Waals surface area contributed by atoms with Crippen LogP contribution in [-0.2, 0) is 14.3 Å². The predicted molar refractivity (Wildman–Crippen MR) is 60.2 cm³/mol. The molecule has 0 aromatic carbocycles. The van der Waals surface area contributed by atoms with Crippen molar-refractivity contribution >= 4 is 11.8 Å². The van der Waals surface area contributed by atoms with Crippen molar-refractivity contribution in [2.75, 3.05) is 19.8 Å². The molecular formula is C12H18N2O3. The van der Waals surface area contributed by atoms with Crippen LogP contribution in [0.2, 0.25) is 0 Å². The summed E-state index contributed by atoms with van der Waals surface area (Å²) in [5, 5.41) is 2.86. The summed E-state index contributed by atoms with van der Waals surface area (Å²) in [6.07, 6.45) is 3.85. The van der Waals surface area contributed by atoms with Crippen molar-refractivity contribution in [3.63, 3.8) is 0 Å². The lowest BCUT2D eigenvalue weighted by molar-refractivity contribution is -0.147. The molecule has 0 aromatic heterocycles. The summed E-state index contributed by atoms with van der Waals surface area (Å²) < 4.78 is 5.30. The maximum Gasteiger partial charge on any atom is 0.246 e.